The lowest BCUT2D eigenvalue weighted by molar-refractivity contribution is -0.157. The van der Waals surface area contributed by atoms with Crippen molar-refractivity contribution in [3.05, 3.63) is 6.29 Å². The average molecular weight is 147 g/mol. The minimum absolute atomic E-state index is 0.398. The Morgan fingerprint density at radius 3 is 2.60 bits per heavy atom. The van der Waals surface area contributed by atoms with Gasteiger partial charge in [0.1, 0.15) is 6.10 Å². The maximum Gasteiger partial charge on any atom is 0.228 e. The summed E-state index contributed by atoms with van der Waals surface area (Å²) in [7, 11) is 2.98. The molecule has 1 saturated heterocycles. The Morgan fingerprint density at radius 2 is 2.30 bits per heavy atom. The van der Waals surface area contributed by atoms with Crippen LogP contribution in [-0.2, 0) is 14.2 Å². The van der Waals surface area contributed by atoms with E-state index in [1.807, 2.05) is 0 Å². The van der Waals surface area contributed by atoms with Gasteiger partial charge in [-0.1, -0.05) is 0 Å². The van der Waals surface area contributed by atoms with Crippen molar-refractivity contribution in [1.82, 2.24) is 0 Å². The number of aliphatic hydroxyl groups excluding tert-OH is 1. The van der Waals surface area contributed by atoms with Gasteiger partial charge in [0, 0.05) is 20.6 Å². The van der Waals surface area contributed by atoms with Gasteiger partial charge in [-0.3, -0.25) is 0 Å². The molecule has 0 aromatic carbocycles. The van der Waals surface area contributed by atoms with Gasteiger partial charge in [-0.25, -0.2) is 0 Å². The third-order valence-electron chi connectivity index (χ3n) is 1.40. The van der Waals surface area contributed by atoms with Crippen LogP contribution >= 0.6 is 0 Å². The highest BCUT2D eigenvalue weighted by Crippen LogP contribution is 2.26. The lowest BCUT2D eigenvalue weighted by Crippen LogP contribution is -2.22. The number of aliphatic hydroxyl groups is 1. The van der Waals surface area contributed by atoms with Crippen LogP contribution in [0.1, 0.15) is 6.42 Å². The first-order chi connectivity index (χ1) is 4.77. The molecule has 0 saturated carbocycles. The molecule has 0 amide bonds. The van der Waals surface area contributed by atoms with Gasteiger partial charge in [-0.2, -0.15) is 0 Å². The Hall–Kier alpha value is -0.160. The van der Waals surface area contributed by atoms with Crippen LogP contribution in [0.5, 0.6) is 0 Å². The highest BCUT2D eigenvalue weighted by Gasteiger charge is 2.35. The summed E-state index contributed by atoms with van der Waals surface area (Å²) in [4.78, 5) is 0. The predicted octanol–water partition coefficient (Wildman–Crippen LogP) is -0.124. The SMILES string of the molecule is CO[C]1CC(O)C(OC)O1. The van der Waals surface area contributed by atoms with Gasteiger partial charge >= 0.3 is 0 Å². The molecule has 1 heterocycles. The third-order valence-corrected chi connectivity index (χ3v) is 1.40. The first-order valence-electron chi connectivity index (χ1n) is 3.05. The first-order valence-corrected chi connectivity index (χ1v) is 3.05. The van der Waals surface area contributed by atoms with Crippen LogP contribution in [0.2, 0.25) is 0 Å². The molecule has 4 heteroatoms. The predicted molar refractivity (Wildman–Crippen MR) is 32.8 cm³/mol. The van der Waals surface area contributed by atoms with Crippen molar-refractivity contribution in [1.29, 1.82) is 0 Å². The molecule has 0 aromatic heterocycles. The first kappa shape index (κ1) is 7.94. The molecule has 1 aliphatic heterocycles. The van der Waals surface area contributed by atoms with E-state index in [1.165, 1.54) is 14.2 Å². The third kappa shape index (κ3) is 1.46. The van der Waals surface area contributed by atoms with Crippen LogP contribution < -0.4 is 0 Å². The Morgan fingerprint density at radius 1 is 1.60 bits per heavy atom. The summed E-state index contributed by atoms with van der Waals surface area (Å²) in [5, 5.41) is 9.14. The fourth-order valence-electron chi connectivity index (χ4n) is 0.860. The zero-order valence-corrected chi connectivity index (χ0v) is 6.03. The van der Waals surface area contributed by atoms with E-state index in [1.54, 1.807) is 0 Å². The van der Waals surface area contributed by atoms with E-state index in [0.717, 1.165) is 0 Å². The quantitative estimate of drug-likeness (QED) is 0.591. The summed E-state index contributed by atoms with van der Waals surface area (Å²) < 4.78 is 14.5. The molecule has 0 spiro atoms. The fraction of sp³-hybridized carbons (Fsp3) is 0.833. The Balaban J connectivity index is 2.36. The Kier molecular flexibility index (Phi) is 2.62. The van der Waals surface area contributed by atoms with Gasteiger partial charge in [0.2, 0.25) is 6.29 Å². The minimum Gasteiger partial charge on any atom is -0.388 e. The smallest absolute Gasteiger partial charge is 0.228 e. The van der Waals surface area contributed by atoms with Gasteiger partial charge in [0.15, 0.2) is 6.29 Å². The van der Waals surface area contributed by atoms with Crippen molar-refractivity contribution in [2.75, 3.05) is 14.2 Å². The van der Waals surface area contributed by atoms with Crippen molar-refractivity contribution in [3.8, 4) is 0 Å². The molecule has 1 N–H and O–H groups in total. The maximum absolute atomic E-state index is 9.14. The molecular formula is C6H11O4. The molecule has 4 nitrogen and oxygen atoms in total. The molecule has 1 fully saturated rings. The van der Waals surface area contributed by atoms with E-state index in [4.69, 9.17) is 19.3 Å². The second-order valence-electron chi connectivity index (χ2n) is 2.07. The molecular weight excluding hydrogens is 136 g/mol. The van der Waals surface area contributed by atoms with Crippen molar-refractivity contribution < 1.29 is 19.3 Å². The molecule has 1 radical (unpaired) electrons. The molecule has 1 rings (SSSR count). The molecule has 10 heavy (non-hydrogen) atoms. The number of hydrogen-bond donors (Lipinski definition) is 1. The molecule has 2 atom stereocenters. The van der Waals surface area contributed by atoms with Crippen LogP contribution in [0.25, 0.3) is 0 Å². The molecule has 0 bridgehead atoms. The van der Waals surface area contributed by atoms with Crippen molar-refractivity contribution >= 4 is 0 Å². The second kappa shape index (κ2) is 3.30. The zero-order valence-electron chi connectivity index (χ0n) is 6.03. The van der Waals surface area contributed by atoms with Gasteiger partial charge in [0.05, 0.1) is 0 Å². The number of ether oxygens (including phenoxy) is 3. The van der Waals surface area contributed by atoms with Crippen LogP contribution in [0.4, 0.5) is 0 Å². The fourth-order valence-corrected chi connectivity index (χ4v) is 0.860. The van der Waals surface area contributed by atoms with Gasteiger partial charge in [-0.15, -0.1) is 0 Å². The van der Waals surface area contributed by atoms with Gasteiger partial charge < -0.3 is 19.3 Å². The van der Waals surface area contributed by atoms with Crippen LogP contribution in [0.15, 0.2) is 0 Å². The normalized spacial score (nSPS) is 35.1. The van der Waals surface area contributed by atoms with Crippen LogP contribution in [0, 0.1) is 6.29 Å². The van der Waals surface area contributed by atoms with Gasteiger partial charge in [0.25, 0.3) is 0 Å². The molecule has 1 aliphatic rings. The summed E-state index contributed by atoms with van der Waals surface area (Å²) in [6, 6.07) is 0. The maximum atomic E-state index is 9.14. The summed E-state index contributed by atoms with van der Waals surface area (Å²) in [6.45, 7) is 0. The average Bonchev–Trinajstić information content (AvgIpc) is 2.30. The lowest BCUT2D eigenvalue weighted by Gasteiger charge is -2.10. The summed E-state index contributed by atoms with van der Waals surface area (Å²) in [6.07, 6.45) is -0.330. The van der Waals surface area contributed by atoms with Crippen molar-refractivity contribution in [2.45, 2.75) is 18.8 Å². The highest BCUT2D eigenvalue weighted by molar-refractivity contribution is 4.82. The van der Waals surface area contributed by atoms with Crippen LogP contribution in [-0.4, -0.2) is 31.7 Å². The van der Waals surface area contributed by atoms with E-state index in [9.17, 15) is 0 Å². The Bertz CT molecular complexity index is 106. The van der Waals surface area contributed by atoms with Crippen molar-refractivity contribution in [2.24, 2.45) is 0 Å². The zero-order chi connectivity index (χ0) is 7.56. The summed E-state index contributed by atoms with van der Waals surface area (Å²) in [5.41, 5.74) is 0. The lowest BCUT2D eigenvalue weighted by atomic mass is 10.3. The number of rotatable bonds is 2. The summed E-state index contributed by atoms with van der Waals surface area (Å²) >= 11 is 0. The molecule has 59 valence electrons. The number of hydrogen-bond acceptors (Lipinski definition) is 4. The van der Waals surface area contributed by atoms with Gasteiger partial charge in [-0.05, 0) is 0 Å². The van der Waals surface area contributed by atoms with E-state index >= 15 is 0 Å². The second-order valence-corrected chi connectivity index (χ2v) is 2.07. The monoisotopic (exact) mass is 147 g/mol. The topological polar surface area (TPSA) is 47.9 Å². The van der Waals surface area contributed by atoms with Crippen molar-refractivity contribution in [3.63, 3.8) is 0 Å². The van der Waals surface area contributed by atoms with E-state index in [0.29, 0.717) is 12.7 Å². The standard InChI is InChI=1S/C6H11O4/c1-8-5-3-4(7)6(9-2)10-5/h4,6-7H,3H2,1-2H3. The number of methoxy groups -OCH3 is 2. The Labute approximate surface area is 59.7 Å². The molecule has 2 unspecified atom stereocenters. The van der Waals surface area contributed by atoms with E-state index in [2.05, 4.69) is 0 Å². The highest BCUT2D eigenvalue weighted by atomic mass is 16.8. The van der Waals surface area contributed by atoms with Crippen LogP contribution in [0.3, 0.4) is 0 Å². The molecule has 0 aliphatic carbocycles. The largest absolute Gasteiger partial charge is 0.388 e. The minimum atomic E-state index is -0.597. The summed E-state index contributed by atoms with van der Waals surface area (Å²) in [5.74, 6) is 0. The van der Waals surface area contributed by atoms with E-state index in [-0.39, 0.29) is 0 Å². The van der Waals surface area contributed by atoms with E-state index < -0.39 is 12.4 Å². The molecule has 0 aromatic rings.